The van der Waals surface area contributed by atoms with E-state index >= 15 is 0 Å². The quantitative estimate of drug-likeness (QED) is 0.740. The van der Waals surface area contributed by atoms with Gasteiger partial charge in [0.05, 0.1) is 0 Å². The van der Waals surface area contributed by atoms with E-state index in [2.05, 4.69) is 19.1 Å². The van der Waals surface area contributed by atoms with Crippen molar-refractivity contribution in [1.29, 1.82) is 0 Å². The third kappa shape index (κ3) is 2.83. The highest BCUT2D eigenvalue weighted by molar-refractivity contribution is 5.28. The van der Waals surface area contributed by atoms with Crippen molar-refractivity contribution >= 4 is 0 Å². The monoisotopic (exact) mass is 179 g/mol. The van der Waals surface area contributed by atoms with Crippen molar-refractivity contribution in [3.63, 3.8) is 0 Å². The van der Waals surface area contributed by atoms with Gasteiger partial charge in [0, 0.05) is 12.6 Å². The van der Waals surface area contributed by atoms with Gasteiger partial charge in [-0.15, -0.1) is 0 Å². The fourth-order valence-electron chi connectivity index (χ4n) is 1.47. The van der Waals surface area contributed by atoms with Crippen LogP contribution in [0.1, 0.15) is 30.0 Å². The Balaban J connectivity index is 2.65. The third-order valence-electron chi connectivity index (χ3n) is 2.26. The van der Waals surface area contributed by atoms with Gasteiger partial charge in [-0.05, 0) is 30.9 Å². The summed E-state index contributed by atoms with van der Waals surface area (Å²) in [5.41, 5.74) is 8.39. The largest absolute Gasteiger partial charge is 0.396 e. The van der Waals surface area contributed by atoms with Crippen LogP contribution in [0.5, 0.6) is 0 Å². The standard InChI is InChI=1S/C11H17NO/c1-9-5-2-3-6-10(9)11(12)7-4-8-13/h2-3,5-6,11,13H,4,7-8,12H2,1H3/t11-/m0/s1. The molecule has 0 aliphatic carbocycles. The molecule has 0 unspecified atom stereocenters. The van der Waals surface area contributed by atoms with Gasteiger partial charge in [0.1, 0.15) is 0 Å². The Labute approximate surface area is 79.4 Å². The molecule has 13 heavy (non-hydrogen) atoms. The molecule has 1 atom stereocenters. The van der Waals surface area contributed by atoms with Gasteiger partial charge < -0.3 is 10.8 Å². The first kappa shape index (κ1) is 10.2. The van der Waals surface area contributed by atoms with Crippen LogP contribution in [0, 0.1) is 6.92 Å². The zero-order valence-corrected chi connectivity index (χ0v) is 8.03. The lowest BCUT2D eigenvalue weighted by Crippen LogP contribution is -2.12. The summed E-state index contributed by atoms with van der Waals surface area (Å²) in [6.07, 6.45) is 1.62. The van der Waals surface area contributed by atoms with Gasteiger partial charge in [-0.25, -0.2) is 0 Å². The molecule has 0 aromatic heterocycles. The second-order valence-electron chi connectivity index (χ2n) is 3.33. The van der Waals surface area contributed by atoms with Crippen molar-refractivity contribution in [1.82, 2.24) is 0 Å². The first-order valence-corrected chi connectivity index (χ1v) is 4.67. The summed E-state index contributed by atoms with van der Waals surface area (Å²) in [4.78, 5) is 0. The molecule has 1 aromatic carbocycles. The Kier molecular flexibility index (Phi) is 3.93. The first-order valence-electron chi connectivity index (χ1n) is 4.67. The molecule has 0 fully saturated rings. The maximum Gasteiger partial charge on any atom is 0.0431 e. The van der Waals surface area contributed by atoms with Crippen LogP contribution in [-0.2, 0) is 0 Å². The van der Waals surface area contributed by atoms with E-state index in [9.17, 15) is 0 Å². The van der Waals surface area contributed by atoms with Gasteiger partial charge in [0.15, 0.2) is 0 Å². The van der Waals surface area contributed by atoms with Crippen LogP contribution in [-0.4, -0.2) is 11.7 Å². The molecule has 0 aliphatic rings. The molecule has 2 heteroatoms. The highest BCUT2D eigenvalue weighted by Crippen LogP contribution is 2.18. The molecule has 0 saturated carbocycles. The molecule has 0 radical (unpaired) electrons. The average Bonchev–Trinajstić information content (AvgIpc) is 2.15. The summed E-state index contributed by atoms with van der Waals surface area (Å²) in [5.74, 6) is 0. The normalized spacial score (nSPS) is 12.8. The highest BCUT2D eigenvalue weighted by atomic mass is 16.2. The lowest BCUT2D eigenvalue weighted by atomic mass is 9.99. The summed E-state index contributed by atoms with van der Waals surface area (Å²) in [7, 11) is 0. The van der Waals surface area contributed by atoms with E-state index in [1.165, 1.54) is 11.1 Å². The summed E-state index contributed by atoms with van der Waals surface area (Å²) in [6, 6.07) is 8.19. The van der Waals surface area contributed by atoms with Crippen molar-refractivity contribution < 1.29 is 5.11 Å². The smallest absolute Gasteiger partial charge is 0.0431 e. The molecule has 1 aromatic rings. The van der Waals surface area contributed by atoms with Crippen LogP contribution in [0.4, 0.5) is 0 Å². The summed E-state index contributed by atoms with van der Waals surface area (Å²) < 4.78 is 0. The number of aryl methyl sites for hydroxylation is 1. The maximum absolute atomic E-state index is 8.68. The van der Waals surface area contributed by atoms with Crippen molar-refractivity contribution in [3.05, 3.63) is 35.4 Å². The number of hydrogen-bond acceptors (Lipinski definition) is 2. The molecule has 0 heterocycles. The molecule has 3 N–H and O–H groups in total. The van der Waals surface area contributed by atoms with Crippen LogP contribution in [0.25, 0.3) is 0 Å². The maximum atomic E-state index is 8.68. The molecule has 72 valence electrons. The van der Waals surface area contributed by atoms with Crippen molar-refractivity contribution in [2.75, 3.05) is 6.61 Å². The zero-order chi connectivity index (χ0) is 9.68. The molecule has 0 saturated heterocycles. The molecule has 0 spiro atoms. The minimum absolute atomic E-state index is 0.0633. The van der Waals surface area contributed by atoms with Crippen molar-refractivity contribution in [3.8, 4) is 0 Å². The third-order valence-corrected chi connectivity index (χ3v) is 2.26. The lowest BCUT2D eigenvalue weighted by Gasteiger charge is -2.13. The molecule has 0 bridgehead atoms. The van der Waals surface area contributed by atoms with E-state index in [-0.39, 0.29) is 12.6 Å². The van der Waals surface area contributed by atoms with E-state index in [0.29, 0.717) is 0 Å². The van der Waals surface area contributed by atoms with Gasteiger partial charge in [0.25, 0.3) is 0 Å². The van der Waals surface area contributed by atoms with Crippen molar-refractivity contribution in [2.45, 2.75) is 25.8 Å². The van der Waals surface area contributed by atoms with Crippen LogP contribution in [0.15, 0.2) is 24.3 Å². The summed E-state index contributed by atoms with van der Waals surface area (Å²) in [5, 5.41) is 8.68. The van der Waals surface area contributed by atoms with Gasteiger partial charge >= 0.3 is 0 Å². The van der Waals surface area contributed by atoms with Gasteiger partial charge in [-0.3, -0.25) is 0 Å². The minimum Gasteiger partial charge on any atom is -0.396 e. The Hall–Kier alpha value is -0.860. The highest BCUT2D eigenvalue weighted by Gasteiger charge is 2.06. The lowest BCUT2D eigenvalue weighted by molar-refractivity contribution is 0.280. The van der Waals surface area contributed by atoms with Gasteiger partial charge in [-0.1, -0.05) is 24.3 Å². The molecular formula is C11H17NO. The van der Waals surface area contributed by atoms with E-state index in [0.717, 1.165) is 12.8 Å². The Bertz CT molecular complexity index is 260. The van der Waals surface area contributed by atoms with E-state index in [4.69, 9.17) is 10.8 Å². The van der Waals surface area contributed by atoms with Crippen LogP contribution in [0.2, 0.25) is 0 Å². The van der Waals surface area contributed by atoms with E-state index in [1.807, 2.05) is 12.1 Å². The van der Waals surface area contributed by atoms with Crippen LogP contribution in [0.3, 0.4) is 0 Å². The van der Waals surface area contributed by atoms with Crippen LogP contribution >= 0.6 is 0 Å². The number of aliphatic hydroxyl groups excluding tert-OH is 1. The Morgan fingerprint density at radius 3 is 2.69 bits per heavy atom. The number of hydrogen-bond donors (Lipinski definition) is 2. The second-order valence-corrected chi connectivity index (χ2v) is 3.33. The van der Waals surface area contributed by atoms with Gasteiger partial charge in [0.2, 0.25) is 0 Å². The minimum atomic E-state index is 0.0633. The van der Waals surface area contributed by atoms with E-state index < -0.39 is 0 Å². The fourth-order valence-corrected chi connectivity index (χ4v) is 1.47. The fraction of sp³-hybridized carbons (Fsp3) is 0.455. The SMILES string of the molecule is Cc1ccccc1[C@@H](N)CCCO. The number of aliphatic hydroxyl groups is 1. The van der Waals surface area contributed by atoms with E-state index in [1.54, 1.807) is 0 Å². The number of nitrogens with two attached hydrogens (primary N) is 1. The summed E-state index contributed by atoms with van der Waals surface area (Å²) in [6.45, 7) is 2.29. The Morgan fingerprint density at radius 2 is 2.08 bits per heavy atom. The summed E-state index contributed by atoms with van der Waals surface area (Å²) >= 11 is 0. The molecule has 1 rings (SSSR count). The Morgan fingerprint density at radius 1 is 1.38 bits per heavy atom. The predicted molar refractivity (Wildman–Crippen MR) is 54.4 cm³/mol. The molecule has 2 nitrogen and oxygen atoms in total. The predicted octanol–water partition coefficient (Wildman–Crippen LogP) is 1.77. The first-order chi connectivity index (χ1) is 6.25. The van der Waals surface area contributed by atoms with Crippen molar-refractivity contribution in [2.24, 2.45) is 5.73 Å². The second kappa shape index (κ2) is 5.00. The topological polar surface area (TPSA) is 46.2 Å². The number of benzene rings is 1. The average molecular weight is 179 g/mol. The molecule has 0 amide bonds. The van der Waals surface area contributed by atoms with Crippen LogP contribution < -0.4 is 5.73 Å². The molecular weight excluding hydrogens is 162 g/mol. The van der Waals surface area contributed by atoms with Gasteiger partial charge in [-0.2, -0.15) is 0 Å². The zero-order valence-electron chi connectivity index (χ0n) is 8.03. The number of rotatable bonds is 4. The molecule has 0 aliphatic heterocycles.